The lowest BCUT2D eigenvalue weighted by molar-refractivity contribution is 0.0747. The van der Waals surface area contributed by atoms with Crippen LogP contribution in [0, 0.1) is 6.92 Å². The summed E-state index contributed by atoms with van der Waals surface area (Å²) in [5, 5.41) is 4.14. The smallest absolute Gasteiger partial charge is 0.265 e. The second kappa shape index (κ2) is 5.98. The zero-order valence-corrected chi connectivity index (χ0v) is 12.7. The van der Waals surface area contributed by atoms with Crippen LogP contribution in [0.5, 0.6) is 0 Å². The number of rotatable bonds is 4. The Morgan fingerprint density at radius 2 is 2.37 bits per heavy atom. The number of hydrogen-bond acceptors (Lipinski definition) is 5. The molecule has 0 aromatic carbocycles. The highest BCUT2D eigenvalue weighted by atomic mass is 32.1. The van der Waals surface area contributed by atoms with Crippen molar-refractivity contribution in [3.05, 3.63) is 15.6 Å². The number of ether oxygens (including phenoxy) is 1. The maximum atomic E-state index is 12.5. The van der Waals surface area contributed by atoms with Gasteiger partial charge < -0.3 is 15.0 Å². The molecule has 1 aromatic heterocycles. The Balaban J connectivity index is 2.16. The van der Waals surface area contributed by atoms with Gasteiger partial charge in [-0.15, -0.1) is 11.3 Å². The fourth-order valence-corrected chi connectivity index (χ4v) is 3.26. The van der Waals surface area contributed by atoms with E-state index in [0.717, 1.165) is 35.1 Å². The SMILES string of the molecule is COC(C)c1nc(C)c(C(=O)N(C)C2CCNC2)s1. The van der Waals surface area contributed by atoms with Crippen LogP contribution in [0.4, 0.5) is 0 Å². The number of aryl methyl sites for hydroxylation is 1. The van der Waals surface area contributed by atoms with Crippen LogP contribution in [0.25, 0.3) is 0 Å². The van der Waals surface area contributed by atoms with Gasteiger partial charge in [0.25, 0.3) is 5.91 Å². The Hall–Kier alpha value is -0.980. The van der Waals surface area contributed by atoms with Gasteiger partial charge in [0.05, 0.1) is 5.69 Å². The minimum absolute atomic E-state index is 0.0660. The lowest BCUT2D eigenvalue weighted by Crippen LogP contribution is -2.38. The molecule has 2 atom stereocenters. The molecular formula is C13H21N3O2S. The number of carbonyl (C=O) groups is 1. The van der Waals surface area contributed by atoms with Crippen LogP contribution in [-0.4, -0.2) is 49.1 Å². The molecular weight excluding hydrogens is 262 g/mol. The molecule has 1 amide bonds. The summed E-state index contributed by atoms with van der Waals surface area (Å²) in [7, 11) is 3.53. The van der Waals surface area contributed by atoms with Gasteiger partial charge in [0.2, 0.25) is 0 Å². The van der Waals surface area contributed by atoms with Gasteiger partial charge in [0.15, 0.2) is 0 Å². The summed E-state index contributed by atoms with van der Waals surface area (Å²) in [6.45, 7) is 5.69. The summed E-state index contributed by atoms with van der Waals surface area (Å²) < 4.78 is 5.26. The van der Waals surface area contributed by atoms with Gasteiger partial charge in [-0.1, -0.05) is 0 Å². The van der Waals surface area contributed by atoms with E-state index in [1.54, 1.807) is 7.11 Å². The Bertz CT molecular complexity index is 455. The number of hydrogen-bond donors (Lipinski definition) is 1. The number of carbonyl (C=O) groups excluding carboxylic acids is 1. The molecule has 0 radical (unpaired) electrons. The lowest BCUT2D eigenvalue weighted by Gasteiger charge is -2.23. The molecule has 6 heteroatoms. The van der Waals surface area contributed by atoms with Crippen molar-refractivity contribution < 1.29 is 9.53 Å². The van der Waals surface area contributed by atoms with E-state index < -0.39 is 0 Å². The van der Waals surface area contributed by atoms with Gasteiger partial charge >= 0.3 is 0 Å². The largest absolute Gasteiger partial charge is 0.375 e. The highest BCUT2D eigenvalue weighted by molar-refractivity contribution is 7.13. The minimum Gasteiger partial charge on any atom is -0.375 e. The molecule has 0 saturated carbocycles. The summed E-state index contributed by atoms with van der Waals surface area (Å²) in [4.78, 5) is 19.5. The Morgan fingerprint density at radius 1 is 1.63 bits per heavy atom. The number of likely N-dealkylation sites (N-methyl/N-ethyl adjacent to an activating group) is 1. The third kappa shape index (κ3) is 2.96. The van der Waals surface area contributed by atoms with E-state index in [1.165, 1.54) is 11.3 Å². The van der Waals surface area contributed by atoms with Crippen LogP contribution in [-0.2, 0) is 4.74 Å². The van der Waals surface area contributed by atoms with Gasteiger partial charge in [-0.05, 0) is 26.8 Å². The van der Waals surface area contributed by atoms with Crippen molar-refractivity contribution in [2.45, 2.75) is 32.4 Å². The number of thiazole rings is 1. The predicted molar refractivity (Wildman–Crippen MR) is 75.6 cm³/mol. The molecule has 1 fully saturated rings. The van der Waals surface area contributed by atoms with Crippen molar-refractivity contribution in [1.29, 1.82) is 0 Å². The average Bonchev–Trinajstić information content (AvgIpc) is 3.05. The predicted octanol–water partition coefficient (Wildman–Crippen LogP) is 1.59. The molecule has 19 heavy (non-hydrogen) atoms. The van der Waals surface area contributed by atoms with Crippen LogP contribution in [0.15, 0.2) is 0 Å². The third-order valence-electron chi connectivity index (χ3n) is 3.61. The maximum Gasteiger partial charge on any atom is 0.265 e. The van der Waals surface area contributed by atoms with Crippen LogP contribution in [0.2, 0.25) is 0 Å². The van der Waals surface area contributed by atoms with E-state index in [4.69, 9.17) is 4.74 Å². The van der Waals surface area contributed by atoms with E-state index in [0.29, 0.717) is 0 Å². The number of aromatic nitrogens is 1. The van der Waals surface area contributed by atoms with Crippen molar-refractivity contribution in [3.8, 4) is 0 Å². The summed E-state index contributed by atoms with van der Waals surface area (Å²) in [6, 6.07) is 0.289. The first-order chi connectivity index (χ1) is 9.04. The summed E-state index contributed by atoms with van der Waals surface area (Å²) in [5.74, 6) is 0.0678. The molecule has 0 aliphatic carbocycles. The average molecular weight is 283 g/mol. The van der Waals surface area contributed by atoms with Crippen molar-refractivity contribution in [3.63, 3.8) is 0 Å². The molecule has 1 aromatic rings. The lowest BCUT2D eigenvalue weighted by atomic mass is 10.2. The molecule has 5 nitrogen and oxygen atoms in total. The van der Waals surface area contributed by atoms with Crippen molar-refractivity contribution >= 4 is 17.2 Å². The molecule has 2 heterocycles. The second-order valence-corrected chi connectivity index (χ2v) is 5.94. The van der Waals surface area contributed by atoms with Crippen LogP contribution in [0.1, 0.15) is 39.8 Å². The van der Waals surface area contributed by atoms with Gasteiger partial charge in [0, 0.05) is 26.7 Å². The van der Waals surface area contributed by atoms with E-state index in [1.807, 2.05) is 25.8 Å². The number of methoxy groups -OCH3 is 1. The van der Waals surface area contributed by atoms with E-state index in [9.17, 15) is 4.79 Å². The fraction of sp³-hybridized carbons (Fsp3) is 0.692. The van der Waals surface area contributed by atoms with E-state index in [-0.39, 0.29) is 18.1 Å². The number of nitrogens with one attached hydrogen (secondary N) is 1. The highest BCUT2D eigenvalue weighted by Gasteiger charge is 2.27. The minimum atomic E-state index is -0.0660. The summed E-state index contributed by atoms with van der Waals surface area (Å²) in [6.07, 6.45) is 0.949. The molecule has 1 N–H and O–H groups in total. The first-order valence-corrected chi connectivity index (χ1v) is 7.34. The van der Waals surface area contributed by atoms with E-state index >= 15 is 0 Å². The van der Waals surface area contributed by atoms with Crippen molar-refractivity contribution in [1.82, 2.24) is 15.2 Å². The second-order valence-electron chi connectivity index (χ2n) is 4.91. The molecule has 1 aliphatic heterocycles. The Morgan fingerprint density at radius 3 is 2.95 bits per heavy atom. The maximum absolute atomic E-state index is 12.5. The number of amides is 1. The zero-order chi connectivity index (χ0) is 14.0. The highest BCUT2D eigenvalue weighted by Crippen LogP contribution is 2.26. The molecule has 106 valence electrons. The van der Waals surface area contributed by atoms with E-state index in [2.05, 4.69) is 10.3 Å². The molecule has 1 aliphatic rings. The normalized spacial score (nSPS) is 20.5. The third-order valence-corrected chi connectivity index (χ3v) is 4.92. The molecule has 1 saturated heterocycles. The van der Waals surface area contributed by atoms with Gasteiger partial charge in [-0.2, -0.15) is 0 Å². The first-order valence-electron chi connectivity index (χ1n) is 6.52. The quantitative estimate of drug-likeness (QED) is 0.912. The van der Waals surface area contributed by atoms with Crippen LogP contribution in [0.3, 0.4) is 0 Å². The monoisotopic (exact) mass is 283 g/mol. The molecule has 0 bridgehead atoms. The Kier molecular flexibility index (Phi) is 4.54. The van der Waals surface area contributed by atoms with Gasteiger partial charge in [-0.25, -0.2) is 4.98 Å². The summed E-state index contributed by atoms with van der Waals surface area (Å²) in [5.41, 5.74) is 0.798. The standard InChI is InChI=1S/C13H21N3O2S/c1-8-11(19-12(15-8)9(2)18-4)13(17)16(3)10-5-6-14-7-10/h9-10,14H,5-7H2,1-4H3. The molecule has 2 rings (SSSR count). The molecule has 2 unspecified atom stereocenters. The van der Waals surface area contributed by atoms with Crippen molar-refractivity contribution in [2.75, 3.05) is 27.2 Å². The molecule has 0 spiro atoms. The first kappa shape index (κ1) is 14.4. The Labute approximate surface area is 118 Å². The fourth-order valence-electron chi connectivity index (χ4n) is 2.19. The number of nitrogens with zero attached hydrogens (tertiary/aromatic N) is 2. The van der Waals surface area contributed by atoms with Gasteiger partial charge in [0.1, 0.15) is 16.0 Å². The summed E-state index contributed by atoms with van der Waals surface area (Å²) >= 11 is 1.44. The van der Waals surface area contributed by atoms with Crippen LogP contribution < -0.4 is 5.32 Å². The topological polar surface area (TPSA) is 54.5 Å². The zero-order valence-electron chi connectivity index (χ0n) is 11.9. The van der Waals surface area contributed by atoms with Crippen molar-refractivity contribution in [2.24, 2.45) is 0 Å². The van der Waals surface area contributed by atoms with Crippen LogP contribution >= 0.6 is 11.3 Å². The van der Waals surface area contributed by atoms with Gasteiger partial charge in [-0.3, -0.25) is 4.79 Å².